The maximum Gasteiger partial charge on any atom is 0.257 e. The topological polar surface area (TPSA) is 78.9 Å². The quantitative estimate of drug-likeness (QED) is 0.800. The number of halogens is 1. The Balaban J connectivity index is 1.93. The SMILES string of the molecule is N#Cc1c(NC(=O)c2cccc(N)c2Br)sc2c1CCC2. The highest BCUT2D eigenvalue weighted by Gasteiger charge is 2.23. The number of carbonyl (C=O) groups excluding carboxylic acids is 1. The predicted molar refractivity (Wildman–Crippen MR) is 87.6 cm³/mol. The van der Waals surface area contributed by atoms with Crippen LogP contribution in [0.2, 0.25) is 0 Å². The summed E-state index contributed by atoms with van der Waals surface area (Å²) >= 11 is 4.83. The third-order valence-electron chi connectivity index (χ3n) is 3.53. The highest BCUT2D eigenvalue weighted by molar-refractivity contribution is 9.10. The fraction of sp³-hybridized carbons (Fsp3) is 0.200. The molecule has 6 heteroatoms. The van der Waals surface area contributed by atoms with Crippen LogP contribution in [-0.2, 0) is 12.8 Å². The van der Waals surface area contributed by atoms with E-state index in [-0.39, 0.29) is 5.91 Å². The molecular formula is C15H12BrN3OS. The number of hydrogen-bond acceptors (Lipinski definition) is 4. The van der Waals surface area contributed by atoms with Crippen molar-refractivity contribution in [3.63, 3.8) is 0 Å². The molecule has 3 N–H and O–H groups in total. The molecule has 106 valence electrons. The Kier molecular flexibility index (Phi) is 3.70. The van der Waals surface area contributed by atoms with Gasteiger partial charge in [-0.2, -0.15) is 5.26 Å². The molecule has 0 atom stereocenters. The largest absolute Gasteiger partial charge is 0.398 e. The van der Waals surface area contributed by atoms with Crippen molar-refractivity contribution in [2.45, 2.75) is 19.3 Å². The van der Waals surface area contributed by atoms with Crippen molar-refractivity contribution in [1.29, 1.82) is 5.26 Å². The normalized spacial score (nSPS) is 12.8. The van der Waals surface area contributed by atoms with Gasteiger partial charge in [0.25, 0.3) is 5.91 Å². The van der Waals surface area contributed by atoms with Crippen LogP contribution in [0.25, 0.3) is 0 Å². The van der Waals surface area contributed by atoms with E-state index in [1.165, 1.54) is 16.2 Å². The van der Waals surface area contributed by atoms with Crippen molar-refractivity contribution >= 4 is 43.9 Å². The lowest BCUT2D eigenvalue weighted by Crippen LogP contribution is -2.13. The Hall–Kier alpha value is -1.84. The van der Waals surface area contributed by atoms with E-state index in [1.807, 2.05) is 0 Å². The molecule has 0 fully saturated rings. The predicted octanol–water partition coefficient (Wildman–Crippen LogP) is 3.71. The number of aryl methyl sites for hydroxylation is 1. The van der Waals surface area contributed by atoms with Gasteiger partial charge in [0.2, 0.25) is 0 Å². The Labute approximate surface area is 134 Å². The molecule has 0 bridgehead atoms. The van der Waals surface area contributed by atoms with Gasteiger partial charge in [0.05, 0.1) is 15.6 Å². The summed E-state index contributed by atoms with van der Waals surface area (Å²) in [7, 11) is 0. The van der Waals surface area contributed by atoms with Crippen molar-refractivity contribution in [3.8, 4) is 6.07 Å². The van der Waals surface area contributed by atoms with E-state index in [2.05, 4.69) is 27.3 Å². The highest BCUT2D eigenvalue weighted by atomic mass is 79.9. The molecule has 4 nitrogen and oxygen atoms in total. The Morgan fingerprint density at radius 1 is 1.43 bits per heavy atom. The maximum absolute atomic E-state index is 12.4. The first kappa shape index (κ1) is 14.1. The number of carbonyl (C=O) groups is 1. The molecule has 0 saturated heterocycles. The van der Waals surface area contributed by atoms with Crippen molar-refractivity contribution in [2.24, 2.45) is 0 Å². The van der Waals surface area contributed by atoms with Crippen molar-refractivity contribution < 1.29 is 4.79 Å². The first-order valence-corrected chi connectivity index (χ1v) is 8.12. The maximum atomic E-state index is 12.4. The number of hydrogen-bond donors (Lipinski definition) is 2. The van der Waals surface area contributed by atoms with Crippen LogP contribution in [0.5, 0.6) is 0 Å². The monoisotopic (exact) mass is 361 g/mol. The van der Waals surface area contributed by atoms with Crippen molar-refractivity contribution in [3.05, 3.63) is 44.2 Å². The van der Waals surface area contributed by atoms with E-state index in [0.29, 0.717) is 26.3 Å². The van der Waals surface area contributed by atoms with E-state index in [0.717, 1.165) is 24.8 Å². The smallest absolute Gasteiger partial charge is 0.257 e. The summed E-state index contributed by atoms with van der Waals surface area (Å²) in [6.45, 7) is 0. The lowest BCUT2D eigenvalue weighted by atomic mass is 10.1. The van der Waals surface area contributed by atoms with Gasteiger partial charge in [-0.05, 0) is 52.9 Å². The lowest BCUT2D eigenvalue weighted by Gasteiger charge is -2.07. The fourth-order valence-electron chi connectivity index (χ4n) is 2.51. The first-order chi connectivity index (χ1) is 10.1. The van der Waals surface area contributed by atoms with Gasteiger partial charge in [-0.3, -0.25) is 4.79 Å². The van der Waals surface area contributed by atoms with E-state index in [1.54, 1.807) is 18.2 Å². The third kappa shape index (κ3) is 2.43. The second-order valence-corrected chi connectivity index (χ2v) is 6.73. The van der Waals surface area contributed by atoms with Crippen LogP contribution in [0.15, 0.2) is 22.7 Å². The summed E-state index contributed by atoms with van der Waals surface area (Å²) < 4.78 is 0.574. The summed E-state index contributed by atoms with van der Waals surface area (Å²) in [5.41, 5.74) is 8.48. The van der Waals surface area contributed by atoms with Gasteiger partial charge < -0.3 is 11.1 Å². The molecule has 3 rings (SSSR count). The number of nitriles is 1. The van der Waals surface area contributed by atoms with Gasteiger partial charge in [0.1, 0.15) is 11.1 Å². The summed E-state index contributed by atoms with van der Waals surface area (Å²) in [6, 6.07) is 7.37. The summed E-state index contributed by atoms with van der Waals surface area (Å²) in [4.78, 5) is 13.6. The molecule has 21 heavy (non-hydrogen) atoms. The molecular weight excluding hydrogens is 350 g/mol. The number of nitrogen functional groups attached to an aromatic ring is 1. The van der Waals surface area contributed by atoms with Crippen molar-refractivity contribution in [2.75, 3.05) is 11.1 Å². The summed E-state index contributed by atoms with van der Waals surface area (Å²) in [5.74, 6) is -0.259. The molecule has 1 aromatic heterocycles. The minimum absolute atomic E-state index is 0.259. The first-order valence-electron chi connectivity index (χ1n) is 6.51. The fourth-order valence-corrected chi connectivity index (χ4v) is 4.19. The van der Waals surface area contributed by atoms with Gasteiger partial charge in [0.15, 0.2) is 0 Å². The molecule has 1 aliphatic carbocycles. The number of nitrogens with zero attached hydrogens (tertiary/aromatic N) is 1. The van der Waals surface area contributed by atoms with E-state index >= 15 is 0 Å². The van der Waals surface area contributed by atoms with Crippen LogP contribution in [0.3, 0.4) is 0 Å². The number of thiophene rings is 1. The number of fused-ring (bicyclic) bond motifs is 1. The lowest BCUT2D eigenvalue weighted by molar-refractivity contribution is 0.102. The standard InChI is InChI=1S/C15H12BrN3OS/c16-13-9(4-1-5-11(13)18)14(20)19-15-10(7-17)8-3-2-6-12(8)21-15/h1,4-5H,2-3,6,18H2,(H,19,20). The van der Waals surface area contributed by atoms with Gasteiger partial charge >= 0.3 is 0 Å². The Bertz CT molecular complexity index is 776. The molecule has 0 unspecified atom stereocenters. The van der Waals surface area contributed by atoms with Crippen LogP contribution >= 0.6 is 27.3 Å². The molecule has 0 aliphatic heterocycles. The van der Waals surface area contributed by atoms with Crippen LogP contribution in [-0.4, -0.2) is 5.91 Å². The molecule has 0 saturated carbocycles. The summed E-state index contributed by atoms with van der Waals surface area (Å²) in [6.07, 6.45) is 3.00. The highest BCUT2D eigenvalue weighted by Crippen LogP contribution is 2.39. The number of amides is 1. The second kappa shape index (κ2) is 5.51. The van der Waals surface area contributed by atoms with Crippen molar-refractivity contribution in [1.82, 2.24) is 0 Å². The van der Waals surface area contributed by atoms with Crippen LogP contribution < -0.4 is 11.1 Å². The van der Waals surface area contributed by atoms with E-state index in [4.69, 9.17) is 5.73 Å². The minimum atomic E-state index is -0.259. The Morgan fingerprint density at radius 2 is 2.24 bits per heavy atom. The number of nitrogens with one attached hydrogen (secondary N) is 1. The third-order valence-corrected chi connectivity index (χ3v) is 5.63. The molecule has 1 heterocycles. The average molecular weight is 362 g/mol. The van der Waals surface area contributed by atoms with Gasteiger partial charge in [-0.25, -0.2) is 0 Å². The number of nitrogens with two attached hydrogens (primary N) is 1. The zero-order valence-corrected chi connectivity index (χ0v) is 13.5. The van der Waals surface area contributed by atoms with Gasteiger partial charge in [-0.15, -0.1) is 11.3 Å². The zero-order chi connectivity index (χ0) is 15.0. The molecule has 2 aromatic rings. The van der Waals surface area contributed by atoms with Gasteiger partial charge in [0, 0.05) is 10.6 Å². The molecule has 0 radical (unpaired) electrons. The molecule has 1 aromatic carbocycles. The second-order valence-electron chi connectivity index (χ2n) is 4.84. The average Bonchev–Trinajstić information content (AvgIpc) is 3.02. The van der Waals surface area contributed by atoms with E-state index < -0.39 is 0 Å². The number of rotatable bonds is 2. The molecule has 1 aliphatic rings. The summed E-state index contributed by atoms with van der Waals surface area (Å²) in [5, 5.41) is 12.8. The molecule has 0 spiro atoms. The number of benzene rings is 1. The van der Waals surface area contributed by atoms with Crippen LogP contribution in [0.1, 0.15) is 32.8 Å². The molecule has 1 amide bonds. The van der Waals surface area contributed by atoms with Crippen LogP contribution in [0, 0.1) is 11.3 Å². The van der Waals surface area contributed by atoms with Crippen LogP contribution in [0.4, 0.5) is 10.7 Å². The van der Waals surface area contributed by atoms with Gasteiger partial charge in [-0.1, -0.05) is 6.07 Å². The van der Waals surface area contributed by atoms with E-state index in [9.17, 15) is 10.1 Å². The zero-order valence-electron chi connectivity index (χ0n) is 11.1. The Morgan fingerprint density at radius 3 is 3.00 bits per heavy atom. The minimum Gasteiger partial charge on any atom is -0.398 e. The number of anilines is 2.